The van der Waals surface area contributed by atoms with E-state index in [-0.39, 0.29) is 17.3 Å². The van der Waals surface area contributed by atoms with Crippen LogP contribution in [0.1, 0.15) is 23.2 Å². The fourth-order valence-electron chi connectivity index (χ4n) is 4.02. The molecule has 35 heavy (non-hydrogen) atoms. The van der Waals surface area contributed by atoms with Gasteiger partial charge >= 0.3 is 0 Å². The fraction of sp³-hybridized carbons (Fsp3) is 0.148. The lowest BCUT2D eigenvalue weighted by atomic mass is 10.1. The first kappa shape index (κ1) is 22.7. The van der Waals surface area contributed by atoms with Crippen LogP contribution in [0.5, 0.6) is 11.5 Å². The Morgan fingerprint density at radius 3 is 2.49 bits per heavy atom. The van der Waals surface area contributed by atoms with E-state index in [1.165, 1.54) is 10.9 Å². The Morgan fingerprint density at radius 2 is 1.71 bits per heavy atom. The average molecular weight is 487 g/mol. The summed E-state index contributed by atoms with van der Waals surface area (Å²) in [4.78, 5) is 28.3. The first-order chi connectivity index (χ1) is 17.1. The van der Waals surface area contributed by atoms with Gasteiger partial charge < -0.3 is 15.0 Å². The second-order valence-electron chi connectivity index (χ2n) is 8.20. The number of amides is 1. The molecule has 0 atom stereocenters. The minimum atomic E-state index is -0.396. The number of anilines is 2. The van der Waals surface area contributed by atoms with Gasteiger partial charge in [-0.05, 0) is 61.4 Å². The molecule has 0 bridgehead atoms. The zero-order valence-corrected chi connectivity index (χ0v) is 19.6. The summed E-state index contributed by atoms with van der Waals surface area (Å²) in [5.74, 6) is 0.691. The highest BCUT2D eigenvalue weighted by molar-refractivity contribution is 6.30. The van der Waals surface area contributed by atoms with Gasteiger partial charge in [-0.3, -0.25) is 9.59 Å². The van der Waals surface area contributed by atoms with Crippen molar-refractivity contribution in [2.24, 2.45) is 0 Å². The summed E-state index contributed by atoms with van der Waals surface area (Å²) >= 11 is 6.11. The number of hydrogen-bond acceptors (Lipinski definition) is 5. The van der Waals surface area contributed by atoms with Crippen molar-refractivity contribution in [3.05, 3.63) is 106 Å². The van der Waals surface area contributed by atoms with Crippen LogP contribution in [0.3, 0.4) is 0 Å². The average Bonchev–Trinajstić information content (AvgIpc) is 3.42. The van der Waals surface area contributed by atoms with Crippen molar-refractivity contribution in [1.29, 1.82) is 0 Å². The number of para-hydroxylation sites is 1. The Kier molecular flexibility index (Phi) is 6.50. The highest BCUT2D eigenvalue weighted by Crippen LogP contribution is 2.30. The fourth-order valence-corrected chi connectivity index (χ4v) is 4.20. The van der Waals surface area contributed by atoms with Gasteiger partial charge in [0.15, 0.2) is 11.4 Å². The van der Waals surface area contributed by atoms with Gasteiger partial charge in [0.25, 0.3) is 11.5 Å². The maximum Gasteiger partial charge on any atom is 0.299 e. The molecule has 1 aliphatic rings. The third-order valence-corrected chi connectivity index (χ3v) is 5.97. The molecule has 1 aliphatic heterocycles. The van der Waals surface area contributed by atoms with Crippen LogP contribution in [0.25, 0.3) is 5.69 Å². The van der Waals surface area contributed by atoms with Crippen LogP contribution in [0.4, 0.5) is 11.4 Å². The van der Waals surface area contributed by atoms with E-state index in [2.05, 4.69) is 10.4 Å². The van der Waals surface area contributed by atoms with Crippen molar-refractivity contribution in [2.75, 3.05) is 18.4 Å². The maximum absolute atomic E-state index is 13.5. The van der Waals surface area contributed by atoms with E-state index in [1.807, 2.05) is 23.1 Å². The highest BCUT2D eigenvalue weighted by Gasteiger charge is 2.20. The summed E-state index contributed by atoms with van der Waals surface area (Å²) in [7, 11) is 0. The number of halogens is 1. The number of carbonyl (C=O) groups excluding carboxylic acids is 1. The van der Waals surface area contributed by atoms with Crippen LogP contribution in [0.2, 0.25) is 5.02 Å². The van der Waals surface area contributed by atoms with Crippen LogP contribution in [-0.4, -0.2) is 33.7 Å². The molecule has 1 saturated heterocycles. The monoisotopic (exact) mass is 486 g/mol. The largest absolute Gasteiger partial charge is 0.453 e. The number of nitrogens with one attached hydrogen (secondary N) is 1. The SMILES string of the molecule is O=C(c1cccc(Nc2c(Oc3cccc(Cl)c3)cnn(-c3ccccc3)c2=O)c1)N1CCCC1. The first-order valence-corrected chi connectivity index (χ1v) is 11.7. The molecule has 2 heterocycles. The molecule has 1 amide bonds. The molecule has 0 saturated carbocycles. The Bertz CT molecular complexity index is 1420. The molecule has 0 unspecified atom stereocenters. The van der Waals surface area contributed by atoms with Crippen LogP contribution in [0.15, 0.2) is 89.9 Å². The first-order valence-electron chi connectivity index (χ1n) is 11.4. The molecule has 0 aliphatic carbocycles. The molecule has 4 aromatic rings. The molecule has 3 aromatic carbocycles. The molecule has 7 nitrogen and oxygen atoms in total. The summed E-state index contributed by atoms with van der Waals surface area (Å²) in [5, 5.41) is 7.99. The molecule has 0 spiro atoms. The van der Waals surface area contributed by atoms with Crippen molar-refractivity contribution in [1.82, 2.24) is 14.7 Å². The second-order valence-corrected chi connectivity index (χ2v) is 8.64. The van der Waals surface area contributed by atoms with E-state index in [0.717, 1.165) is 25.9 Å². The maximum atomic E-state index is 13.5. The predicted molar refractivity (Wildman–Crippen MR) is 136 cm³/mol. The lowest BCUT2D eigenvalue weighted by Gasteiger charge is -2.17. The zero-order valence-electron chi connectivity index (χ0n) is 18.9. The van der Waals surface area contributed by atoms with Crippen molar-refractivity contribution in [3.63, 3.8) is 0 Å². The summed E-state index contributed by atoms with van der Waals surface area (Å²) in [6.07, 6.45) is 3.52. The van der Waals surface area contributed by atoms with Gasteiger partial charge in [0.05, 0.1) is 11.9 Å². The molecular weight excluding hydrogens is 464 g/mol. The smallest absolute Gasteiger partial charge is 0.299 e. The number of carbonyl (C=O) groups is 1. The van der Waals surface area contributed by atoms with Gasteiger partial charge in [0.2, 0.25) is 0 Å². The summed E-state index contributed by atoms with van der Waals surface area (Å²) < 4.78 is 7.29. The van der Waals surface area contributed by atoms with Crippen molar-refractivity contribution in [2.45, 2.75) is 12.8 Å². The molecule has 5 rings (SSSR count). The van der Waals surface area contributed by atoms with Gasteiger partial charge in [0, 0.05) is 29.4 Å². The van der Waals surface area contributed by atoms with Crippen molar-refractivity contribution < 1.29 is 9.53 Å². The Labute approximate surface area is 207 Å². The van der Waals surface area contributed by atoms with E-state index in [1.54, 1.807) is 60.7 Å². The van der Waals surface area contributed by atoms with Gasteiger partial charge in [-0.15, -0.1) is 0 Å². The summed E-state index contributed by atoms with van der Waals surface area (Å²) in [6, 6.07) is 23.2. The highest BCUT2D eigenvalue weighted by atomic mass is 35.5. The van der Waals surface area contributed by atoms with E-state index >= 15 is 0 Å². The van der Waals surface area contributed by atoms with Crippen LogP contribution >= 0.6 is 11.6 Å². The standard InChI is InChI=1S/C27H23ClN4O3/c28-20-9-7-13-23(17-20)35-24-18-29-32(22-11-2-1-3-12-22)27(34)25(24)30-21-10-6-8-19(16-21)26(33)31-14-4-5-15-31/h1-3,6-13,16-18,30H,4-5,14-15H2. The molecule has 8 heteroatoms. The number of likely N-dealkylation sites (tertiary alicyclic amines) is 1. The molecule has 1 aromatic heterocycles. The summed E-state index contributed by atoms with van der Waals surface area (Å²) in [6.45, 7) is 1.53. The minimum absolute atomic E-state index is 0.0158. The summed E-state index contributed by atoms with van der Waals surface area (Å²) in [5.41, 5.74) is 1.56. The molecule has 176 valence electrons. The van der Waals surface area contributed by atoms with Crippen LogP contribution < -0.4 is 15.6 Å². The molecule has 0 radical (unpaired) electrons. The quantitative estimate of drug-likeness (QED) is 0.380. The van der Waals surface area contributed by atoms with E-state index < -0.39 is 5.56 Å². The Hall–Kier alpha value is -4.10. The van der Waals surface area contributed by atoms with Crippen molar-refractivity contribution >= 4 is 28.9 Å². The minimum Gasteiger partial charge on any atom is -0.453 e. The van der Waals surface area contributed by atoms with E-state index in [0.29, 0.717) is 27.7 Å². The van der Waals surface area contributed by atoms with Crippen LogP contribution in [-0.2, 0) is 0 Å². The normalized spacial score (nSPS) is 13.0. The number of nitrogens with zero attached hydrogens (tertiary/aromatic N) is 3. The number of benzene rings is 3. The number of rotatable bonds is 6. The third kappa shape index (κ3) is 5.05. The lowest BCUT2D eigenvalue weighted by molar-refractivity contribution is 0.0793. The molecule has 1 N–H and O–H groups in total. The van der Waals surface area contributed by atoms with E-state index in [9.17, 15) is 9.59 Å². The van der Waals surface area contributed by atoms with Gasteiger partial charge in [0.1, 0.15) is 5.75 Å². The molecule has 1 fully saturated rings. The predicted octanol–water partition coefficient (Wildman–Crippen LogP) is 5.66. The topological polar surface area (TPSA) is 76.5 Å². The number of aromatic nitrogens is 2. The molecular formula is C27H23ClN4O3. The lowest BCUT2D eigenvalue weighted by Crippen LogP contribution is -2.27. The Balaban J connectivity index is 1.53. The van der Waals surface area contributed by atoms with Gasteiger partial charge in [-0.2, -0.15) is 9.78 Å². The second kappa shape index (κ2) is 10.0. The van der Waals surface area contributed by atoms with Crippen LogP contribution in [0, 0.1) is 0 Å². The Morgan fingerprint density at radius 1 is 0.943 bits per heavy atom. The van der Waals surface area contributed by atoms with Gasteiger partial charge in [-0.1, -0.05) is 41.9 Å². The zero-order chi connectivity index (χ0) is 24.2. The van der Waals surface area contributed by atoms with Gasteiger partial charge in [-0.25, -0.2) is 0 Å². The van der Waals surface area contributed by atoms with E-state index in [4.69, 9.17) is 16.3 Å². The third-order valence-electron chi connectivity index (χ3n) is 5.74. The van der Waals surface area contributed by atoms with Crippen molar-refractivity contribution in [3.8, 4) is 17.2 Å². The number of ether oxygens (including phenoxy) is 1. The number of hydrogen-bond donors (Lipinski definition) is 1.